The molecule has 1 fully saturated rings. The number of nitrogens with one attached hydrogen (secondary N) is 1. The van der Waals surface area contributed by atoms with Gasteiger partial charge in [-0.05, 0) is 49.9 Å². The van der Waals surface area contributed by atoms with Gasteiger partial charge in [-0.3, -0.25) is 18.9 Å². The van der Waals surface area contributed by atoms with Crippen LogP contribution in [-0.4, -0.2) is 82.6 Å². The molecule has 15 heteroatoms. The monoisotopic (exact) mass is 1050 g/mol. The van der Waals surface area contributed by atoms with Crippen LogP contribution in [0.2, 0.25) is 0 Å². The van der Waals surface area contributed by atoms with Crippen molar-refractivity contribution in [1.29, 1.82) is 0 Å². The number of benzene rings is 2. The zero-order chi connectivity index (χ0) is 52.8. The Labute approximate surface area is 439 Å². The molecule has 2 aromatic rings. The number of aliphatic hydroxyl groups excluding tert-OH is 3. The van der Waals surface area contributed by atoms with Crippen LogP contribution < -0.4 is 14.4 Å². The number of para-hydroxylation sites is 2. The number of hydrogen-bond donors (Lipinski definition) is 4. The van der Waals surface area contributed by atoms with Gasteiger partial charge in [0, 0.05) is 6.42 Å². The standard InChI is InChI=1S/C58H96NO13P/c1-4-7-10-13-15-17-18-19-20-22-24-27-36-43-53(63)67-50(42-31-25-12-9-6-3)45-54(64)69-57-55(59-52(62)44-47(61)37-30-26-23-21-16-14-11-8-5-2)58(65)68-51(46-60)56(57)72-73(66,70-48-38-32-28-33-39-48)71-49-40-34-29-35-41-49/h28-29,32-35,38-41,47,50-51,55-58,60-61,65H,4-27,30-31,36-37,42-46H2,1-3H3,(H,59,62)/t47?,50?,51-,55-,56-,57-,58?/m1/s1. The Balaban J connectivity index is 1.77. The Kier molecular flexibility index (Phi) is 34.8. The smallest absolute Gasteiger partial charge is 0.462 e. The highest BCUT2D eigenvalue weighted by Crippen LogP contribution is 2.52. The molecule has 1 aliphatic rings. The van der Waals surface area contributed by atoms with Gasteiger partial charge in [-0.25, -0.2) is 4.57 Å². The highest BCUT2D eigenvalue weighted by molar-refractivity contribution is 7.49. The van der Waals surface area contributed by atoms with Crippen molar-refractivity contribution in [2.45, 2.75) is 269 Å². The highest BCUT2D eigenvalue weighted by Gasteiger charge is 2.53. The minimum absolute atomic E-state index is 0.112. The van der Waals surface area contributed by atoms with E-state index in [0.29, 0.717) is 25.7 Å². The topological polar surface area (TPSA) is 196 Å². The quantitative estimate of drug-likeness (QED) is 0.0278. The molecule has 0 bridgehead atoms. The lowest BCUT2D eigenvalue weighted by Gasteiger charge is -2.44. The number of carbonyl (C=O) groups is 3. The number of hydrogen-bond acceptors (Lipinski definition) is 13. The maximum atomic E-state index is 14.8. The van der Waals surface area contributed by atoms with Gasteiger partial charge in [-0.2, -0.15) is 0 Å². The van der Waals surface area contributed by atoms with Crippen molar-refractivity contribution >= 4 is 25.7 Å². The van der Waals surface area contributed by atoms with Crippen LogP contribution in [0.4, 0.5) is 0 Å². The molecule has 1 saturated heterocycles. The second kappa shape index (κ2) is 39.8. The zero-order valence-electron chi connectivity index (χ0n) is 45.0. The number of phosphoric ester groups is 1. The summed E-state index contributed by atoms with van der Waals surface area (Å²) in [5, 5.41) is 35.7. The largest absolute Gasteiger partial charge is 0.588 e. The van der Waals surface area contributed by atoms with Crippen molar-refractivity contribution in [3.8, 4) is 11.5 Å². The summed E-state index contributed by atoms with van der Waals surface area (Å²) < 4.78 is 50.7. The molecule has 0 aromatic heterocycles. The molecule has 416 valence electrons. The molecule has 3 rings (SSSR count). The minimum atomic E-state index is -4.78. The van der Waals surface area contributed by atoms with Gasteiger partial charge in [-0.1, -0.05) is 218 Å². The third-order valence-electron chi connectivity index (χ3n) is 13.5. The molecule has 73 heavy (non-hydrogen) atoms. The number of phosphoric acid groups is 1. The predicted molar refractivity (Wildman–Crippen MR) is 287 cm³/mol. The van der Waals surface area contributed by atoms with Crippen LogP contribution in [0.1, 0.15) is 226 Å². The third-order valence-corrected chi connectivity index (χ3v) is 14.9. The molecule has 4 N–H and O–H groups in total. The molecule has 0 radical (unpaired) electrons. The lowest BCUT2D eigenvalue weighted by atomic mass is 9.96. The fourth-order valence-corrected chi connectivity index (χ4v) is 10.7. The molecule has 7 atom stereocenters. The molecular weight excluding hydrogens is 950 g/mol. The van der Waals surface area contributed by atoms with Crippen LogP contribution in [0.15, 0.2) is 60.7 Å². The van der Waals surface area contributed by atoms with Crippen molar-refractivity contribution in [2.24, 2.45) is 0 Å². The van der Waals surface area contributed by atoms with Crippen LogP contribution in [0.25, 0.3) is 0 Å². The molecule has 1 amide bonds. The van der Waals surface area contributed by atoms with Crippen molar-refractivity contribution in [2.75, 3.05) is 6.61 Å². The van der Waals surface area contributed by atoms with E-state index in [9.17, 15) is 34.3 Å². The molecule has 3 unspecified atom stereocenters. The van der Waals surface area contributed by atoms with E-state index in [4.69, 9.17) is 27.8 Å². The average molecular weight is 1050 g/mol. The third kappa shape index (κ3) is 28.8. The molecule has 1 heterocycles. The van der Waals surface area contributed by atoms with E-state index in [0.717, 1.165) is 70.6 Å². The van der Waals surface area contributed by atoms with E-state index >= 15 is 0 Å². The molecule has 0 saturated carbocycles. The van der Waals surface area contributed by atoms with E-state index in [2.05, 4.69) is 26.1 Å². The van der Waals surface area contributed by atoms with Gasteiger partial charge >= 0.3 is 19.8 Å². The van der Waals surface area contributed by atoms with Gasteiger partial charge in [0.05, 0.1) is 25.6 Å². The minimum Gasteiger partial charge on any atom is -0.462 e. The number of aliphatic hydroxyl groups is 3. The first-order chi connectivity index (χ1) is 35.5. The number of ether oxygens (including phenoxy) is 3. The van der Waals surface area contributed by atoms with Gasteiger partial charge in [0.15, 0.2) is 12.4 Å². The van der Waals surface area contributed by atoms with Crippen LogP contribution in [0, 0.1) is 0 Å². The number of amides is 1. The molecule has 2 aromatic carbocycles. The lowest BCUT2D eigenvalue weighted by molar-refractivity contribution is -0.256. The van der Waals surface area contributed by atoms with E-state index in [1.54, 1.807) is 36.4 Å². The second-order valence-corrected chi connectivity index (χ2v) is 21.6. The molecule has 14 nitrogen and oxygen atoms in total. The lowest BCUT2D eigenvalue weighted by Crippen LogP contribution is -2.66. The molecule has 0 spiro atoms. The van der Waals surface area contributed by atoms with Gasteiger partial charge in [0.25, 0.3) is 0 Å². The zero-order valence-corrected chi connectivity index (χ0v) is 45.9. The van der Waals surface area contributed by atoms with Gasteiger partial charge in [-0.15, -0.1) is 0 Å². The second-order valence-electron chi connectivity index (χ2n) is 20.1. The summed E-state index contributed by atoms with van der Waals surface area (Å²) in [7, 11) is -4.78. The first-order valence-corrected chi connectivity index (χ1v) is 30.0. The van der Waals surface area contributed by atoms with Crippen molar-refractivity contribution < 1.29 is 62.1 Å². The first kappa shape index (κ1) is 63.8. The Morgan fingerprint density at radius 3 is 1.49 bits per heavy atom. The number of rotatable bonds is 44. The summed E-state index contributed by atoms with van der Waals surface area (Å²) in [6, 6.07) is 14.7. The summed E-state index contributed by atoms with van der Waals surface area (Å²) in [4.78, 5) is 41.2. The first-order valence-electron chi connectivity index (χ1n) is 28.6. The summed E-state index contributed by atoms with van der Waals surface area (Å²) in [5.41, 5.74) is 0. The van der Waals surface area contributed by atoms with Gasteiger partial charge in [0.1, 0.15) is 35.9 Å². The molecule has 1 aliphatic heterocycles. The summed E-state index contributed by atoms with van der Waals surface area (Å²) in [6.45, 7) is 5.76. The average Bonchev–Trinajstić information content (AvgIpc) is 3.37. The van der Waals surface area contributed by atoms with Crippen molar-refractivity contribution in [3.05, 3.63) is 60.7 Å². The maximum Gasteiger partial charge on any atom is 0.588 e. The normalized spacial score (nSPS) is 18.7. The summed E-state index contributed by atoms with van der Waals surface area (Å²) >= 11 is 0. The highest BCUT2D eigenvalue weighted by atomic mass is 31.2. The van der Waals surface area contributed by atoms with E-state index in [1.165, 1.54) is 114 Å². The fourth-order valence-electron chi connectivity index (χ4n) is 9.27. The predicted octanol–water partition coefficient (Wildman–Crippen LogP) is 13.6. The Hall–Kier alpha value is -3.52. The summed E-state index contributed by atoms with van der Waals surface area (Å²) in [5.74, 6) is -1.71. The van der Waals surface area contributed by atoms with E-state index < -0.39 is 75.1 Å². The van der Waals surface area contributed by atoms with E-state index in [1.807, 2.05) is 0 Å². The van der Waals surface area contributed by atoms with Gasteiger partial charge < -0.3 is 43.9 Å². The van der Waals surface area contributed by atoms with Crippen LogP contribution >= 0.6 is 7.82 Å². The Morgan fingerprint density at radius 1 is 0.589 bits per heavy atom. The number of unbranched alkanes of at least 4 members (excludes halogenated alkanes) is 24. The molecular formula is C58H96NO13P. The van der Waals surface area contributed by atoms with E-state index in [-0.39, 0.29) is 30.8 Å². The van der Waals surface area contributed by atoms with Gasteiger partial charge in [0.2, 0.25) is 5.91 Å². The maximum absolute atomic E-state index is 14.8. The fraction of sp³-hybridized carbons (Fsp3) is 0.741. The number of esters is 2. The van der Waals surface area contributed by atoms with Crippen LogP contribution in [0.5, 0.6) is 11.5 Å². The van der Waals surface area contributed by atoms with Crippen LogP contribution in [0.3, 0.4) is 0 Å². The van der Waals surface area contributed by atoms with Crippen molar-refractivity contribution in [1.82, 2.24) is 5.32 Å². The van der Waals surface area contributed by atoms with Crippen molar-refractivity contribution in [3.63, 3.8) is 0 Å². The Morgan fingerprint density at radius 2 is 1.03 bits per heavy atom. The number of carbonyl (C=O) groups excluding carboxylic acids is 3. The SMILES string of the molecule is CCCCCCCCCCCCCCCC(=O)OC(CCCCCCC)CC(=O)O[C@H]1[C@H](OP(=O)(Oc2ccccc2)Oc2ccccc2)[C@@H](CO)OC(O)[C@@H]1NC(=O)CC(O)CCCCCCCCCCC. The van der Waals surface area contributed by atoms with Crippen LogP contribution in [-0.2, 0) is 37.7 Å². The Bertz CT molecular complexity index is 1710. The summed E-state index contributed by atoms with van der Waals surface area (Å²) in [6.07, 6.45) is 21.8. The molecule has 0 aliphatic carbocycles.